The molecule has 0 atom stereocenters. The maximum Gasteiger partial charge on any atom is 0.203 e. The Morgan fingerprint density at radius 3 is 2.62 bits per heavy atom. The third-order valence-electron chi connectivity index (χ3n) is 0.631. The van der Waals surface area contributed by atoms with Crippen LogP contribution in [-0.2, 0) is 0 Å². The minimum absolute atomic E-state index is 0. The molecule has 8 heavy (non-hydrogen) atoms. The highest BCUT2D eigenvalue weighted by Gasteiger charge is 1.84. The molecule has 0 bridgehead atoms. The molecule has 0 saturated carbocycles. The lowest BCUT2D eigenvalue weighted by atomic mass is 10.5. The number of hydrogen-bond donors (Lipinski definition) is 0. The summed E-state index contributed by atoms with van der Waals surface area (Å²) in [6.07, 6.45) is 1.47. The Hall–Kier alpha value is -0.940. The van der Waals surface area contributed by atoms with Crippen LogP contribution in [0.1, 0.15) is 5.76 Å². The molecule has 0 N–H and O–H groups in total. The SMILES string of the molecule is Cl.N#Cc1ccco1. The van der Waals surface area contributed by atoms with Crippen LogP contribution in [0.2, 0.25) is 0 Å². The first-order chi connectivity index (χ1) is 3.43. The highest BCUT2D eigenvalue weighted by atomic mass is 35.5. The lowest BCUT2D eigenvalue weighted by molar-refractivity contribution is 0.553. The van der Waals surface area contributed by atoms with Gasteiger partial charge < -0.3 is 4.42 Å². The van der Waals surface area contributed by atoms with Gasteiger partial charge in [0, 0.05) is 0 Å². The molecule has 0 amide bonds. The van der Waals surface area contributed by atoms with Crippen molar-refractivity contribution in [1.82, 2.24) is 0 Å². The molecule has 2 nitrogen and oxygen atoms in total. The van der Waals surface area contributed by atoms with Crippen LogP contribution in [0.4, 0.5) is 0 Å². The summed E-state index contributed by atoms with van der Waals surface area (Å²) in [5.74, 6) is 0.361. The van der Waals surface area contributed by atoms with E-state index in [9.17, 15) is 0 Å². The predicted octanol–water partition coefficient (Wildman–Crippen LogP) is 1.57. The Kier molecular flexibility index (Phi) is 2.75. The lowest BCUT2D eigenvalue weighted by Crippen LogP contribution is -1.54. The van der Waals surface area contributed by atoms with Crippen molar-refractivity contribution in [2.75, 3.05) is 0 Å². The summed E-state index contributed by atoms with van der Waals surface area (Å²) >= 11 is 0. The van der Waals surface area contributed by atoms with Gasteiger partial charge in [0.05, 0.1) is 6.26 Å². The number of nitriles is 1. The van der Waals surface area contributed by atoms with Gasteiger partial charge in [0.1, 0.15) is 6.07 Å². The van der Waals surface area contributed by atoms with Gasteiger partial charge in [-0.05, 0) is 12.1 Å². The largest absolute Gasteiger partial charge is 0.454 e. The van der Waals surface area contributed by atoms with E-state index < -0.39 is 0 Å². The van der Waals surface area contributed by atoms with Crippen molar-refractivity contribution in [3.05, 3.63) is 24.2 Å². The van der Waals surface area contributed by atoms with Gasteiger partial charge in [-0.3, -0.25) is 0 Å². The monoisotopic (exact) mass is 129 g/mol. The third-order valence-corrected chi connectivity index (χ3v) is 0.631. The van der Waals surface area contributed by atoms with Gasteiger partial charge in [-0.25, -0.2) is 0 Å². The van der Waals surface area contributed by atoms with Crippen molar-refractivity contribution < 1.29 is 4.42 Å². The summed E-state index contributed by atoms with van der Waals surface area (Å²) in [6, 6.07) is 5.13. The van der Waals surface area contributed by atoms with Crippen LogP contribution < -0.4 is 0 Å². The first kappa shape index (κ1) is 7.06. The van der Waals surface area contributed by atoms with Crippen LogP contribution in [0.15, 0.2) is 22.8 Å². The number of rotatable bonds is 0. The smallest absolute Gasteiger partial charge is 0.203 e. The van der Waals surface area contributed by atoms with E-state index in [0.717, 1.165) is 0 Å². The molecule has 1 rings (SSSR count). The van der Waals surface area contributed by atoms with Gasteiger partial charge in [0.2, 0.25) is 5.76 Å². The van der Waals surface area contributed by atoms with E-state index in [0.29, 0.717) is 5.76 Å². The van der Waals surface area contributed by atoms with Crippen LogP contribution in [0.3, 0.4) is 0 Å². The van der Waals surface area contributed by atoms with E-state index in [4.69, 9.17) is 5.26 Å². The van der Waals surface area contributed by atoms with Crippen LogP contribution in [0, 0.1) is 11.3 Å². The van der Waals surface area contributed by atoms with Gasteiger partial charge in [0.15, 0.2) is 0 Å². The summed E-state index contributed by atoms with van der Waals surface area (Å²) in [5, 5.41) is 8.08. The lowest BCUT2D eigenvalue weighted by Gasteiger charge is -1.65. The molecule has 0 radical (unpaired) electrons. The summed E-state index contributed by atoms with van der Waals surface area (Å²) in [6.45, 7) is 0. The normalized spacial score (nSPS) is 6.88. The van der Waals surface area contributed by atoms with E-state index in [1.54, 1.807) is 12.1 Å². The van der Waals surface area contributed by atoms with Crippen LogP contribution in [-0.4, -0.2) is 0 Å². The van der Waals surface area contributed by atoms with Crippen molar-refractivity contribution in [2.24, 2.45) is 0 Å². The van der Waals surface area contributed by atoms with Crippen LogP contribution in [0.25, 0.3) is 0 Å². The number of halogens is 1. The minimum Gasteiger partial charge on any atom is -0.454 e. The molecule has 1 heterocycles. The molecule has 42 valence electrons. The maximum absolute atomic E-state index is 8.08. The second-order valence-corrected chi connectivity index (χ2v) is 1.09. The van der Waals surface area contributed by atoms with Crippen molar-refractivity contribution in [2.45, 2.75) is 0 Å². The van der Waals surface area contributed by atoms with Crippen LogP contribution in [0.5, 0.6) is 0 Å². The molecule has 0 saturated heterocycles. The Morgan fingerprint density at radius 2 is 2.38 bits per heavy atom. The van der Waals surface area contributed by atoms with Gasteiger partial charge in [0.25, 0.3) is 0 Å². The molecular formula is C5H4ClNO. The molecule has 0 fully saturated rings. The fourth-order valence-electron chi connectivity index (χ4n) is 0.342. The van der Waals surface area contributed by atoms with E-state index in [-0.39, 0.29) is 12.4 Å². The highest BCUT2D eigenvalue weighted by Crippen LogP contribution is 1.94. The topological polar surface area (TPSA) is 36.9 Å². The second-order valence-electron chi connectivity index (χ2n) is 1.09. The van der Waals surface area contributed by atoms with Gasteiger partial charge in [-0.1, -0.05) is 0 Å². The van der Waals surface area contributed by atoms with E-state index in [2.05, 4.69) is 4.42 Å². The fraction of sp³-hybridized carbons (Fsp3) is 0. The summed E-state index contributed by atoms with van der Waals surface area (Å²) in [7, 11) is 0. The second kappa shape index (κ2) is 3.11. The zero-order chi connectivity index (χ0) is 5.11. The first-order valence-electron chi connectivity index (χ1n) is 1.87. The predicted molar refractivity (Wildman–Crippen MR) is 30.7 cm³/mol. The average Bonchev–Trinajstić information content (AvgIpc) is 2.14. The van der Waals surface area contributed by atoms with E-state index >= 15 is 0 Å². The van der Waals surface area contributed by atoms with Crippen molar-refractivity contribution in [1.29, 1.82) is 5.26 Å². The molecule has 1 aromatic rings. The summed E-state index contributed by atoms with van der Waals surface area (Å²) in [4.78, 5) is 0. The molecule has 1 aromatic heterocycles. The number of furan rings is 1. The molecule has 0 aliphatic heterocycles. The van der Waals surface area contributed by atoms with Crippen LogP contribution >= 0.6 is 12.4 Å². The van der Waals surface area contributed by atoms with E-state index in [1.165, 1.54) is 6.26 Å². The third kappa shape index (κ3) is 1.28. The average molecular weight is 130 g/mol. The Balaban J connectivity index is 0.000000490. The molecule has 0 unspecified atom stereocenters. The van der Waals surface area contributed by atoms with Crippen molar-refractivity contribution >= 4 is 12.4 Å². The maximum atomic E-state index is 8.08. The van der Waals surface area contributed by atoms with Crippen molar-refractivity contribution in [3.63, 3.8) is 0 Å². The molecule has 3 heteroatoms. The summed E-state index contributed by atoms with van der Waals surface area (Å²) in [5.41, 5.74) is 0. The molecular weight excluding hydrogens is 126 g/mol. The molecule has 0 aromatic carbocycles. The Morgan fingerprint density at radius 1 is 1.62 bits per heavy atom. The minimum atomic E-state index is 0. The van der Waals surface area contributed by atoms with Gasteiger partial charge in [-0.15, -0.1) is 12.4 Å². The van der Waals surface area contributed by atoms with E-state index in [1.807, 2.05) is 6.07 Å². The fourth-order valence-corrected chi connectivity index (χ4v) is 0.342. The summed E-state index contributed by atoms with van der Waals surface area (Å²) < 4.78 is 4.62. The molecule has 0 aliphatic rings. The quantitative estimate of drug-likeness (QED) is 0.533. The van der Waals surface area contributed by atoms with Gasteiger partial charge in [-0.2, -0.15) is 5.26 Å². The Bertz CT molecular complexity index is 175. The van der Waals surface area contributed by atoms with Crippen molar-refractivity contribution in [3.8, 4) is 6.07 Å². The number of hydrogen-bond acceptors (Lipinski definition) is 2. The van der Waals surface area contributed by atoms with Gasteiger partial charge >= 0.3 is 0 Å². The molecule has 0 aliphatic carbocycles. The zero-order valence-corrected chi connectivity index (χ0v) is 4.81. The standard InChI is InChI=1S/C5H3NO.ClH/c6-4-5-2-1-3-7-5;/h1-3H;1H. The first-order valence-corrected chi connectivity index (χ1v) is 1.87. The number of nitrogens with zero attached hydrogens (tertiary/aromatic N) is 1. The molecule has 0 spiro atoms. The highest BCUT2D eigenvalue weighted by molar-refractivity contribution is 5.85. The zero-order valence-electron chi connectivity index (χ0n) is 4.00. The Labute approximate surface area is 53.1 Å².